The van der Waals surface area contributed by atoms with Crippen molar-refractivity contribution in [2.24, 2.45) is 0 Å². The molecule has 0 amide bonds. The molecule has 162 valence electrons. The molecule has 0 spiro atoms. The van der Waals surface area contributed by atoms with Gasteiger partial charge in [0.1, 0.15) is 23.7 Å². The van der Waals surface area contributed by atoms with Gasteiger partial charge in [0.15, 0.2) is 0 Å². The number of nitrogens with zero attached hydrogens (tertiary/aromatic N) is 5. The Balaban J connectivity index is 1.48. The van der Waals surface area contributed by atoms with Crippen LogP contribution in [0.4, 0.5) is 11.4 Å². The van der Waals surface area contributed by atoms with E-state index >= 15 is 0 Å². The van der Waals surface area contributed by atoms with E-state index in [1.807, 2.05) is 0 Å². The molecule has 0 aliphatic carbocycles. The highest BCUT2D eigenvalue weighted by atomic mass is 32.2. The molecule has 0 bridgehead atoms. The lowest BCUT2D eigenvalue weighted by Gasteiger charge is -2.10. The Bertz CT molecular complexity index is 1350. The van der Waals surface area contributed by atoms with Crippen molar-refractivity contribution in [1.82, 2.24) is 19.5 Å². The third-order valence-corrected chi connectivity index (χ3v) is 5.65. The topological polar surface area (TPSA) is 142 Å². The third kappa shape index (κ3) is 4.70. The molecule has 1 N–H and O–H groups in total. The Kier molecular flexibility index (Phi) is 5.52. The number of nitro benzene ring substituents is 1. The second-order valence-corrected chi connectivity index (χ2v) is 8.25. The van der Waals surface area contributed by atoms with Crippen LogP contribution in [0.1, 0.15) is 5.82 Å². The molecule has 11 nitrogen and oxygen atoms in total. The lowest BCUT2D eigenvalue weighted by Crippen LogP contribution is -2.12. The molecule has 0 aliphatic rings. The van der Waals surface area contributed by atoms with Crippen molar-refractivity contribution in [2.45, 2.75) is 11.8 Å². The van der Waals surface area contributed by atoms with Crippen molar-refractivity contribution in [3.05, 3.63) is 89.3 Å². The standard InChI is InChI=1S/C20H16N6O5S/c1-14-22-19(25-11-10-21-13-25)12-20(23-14)31-17-6-2-15(3-7-17)24-32(29,30)18-8-4-16(5-9-18)26(27)28/h2-13,24H,1H3. The minimum Gasteiger partial charge on any atom is -0.439 e. The summed E-state index contributed by atoms with van der Waals surface area (Å²) in [5.74, 6) is 1.87. The second-order valence-electron chi connectivity index (χ2n) is 6.56. The minimum absolute atomic E-state index is 0.0908. The summed E-state index contributed by atoms with van der Waals surface area (Å²) in [6, 6.07) is 12.5. The first kappa shape index (κ1) is 20.9. The zero-order valence-corrected chi connectivity index (χ0v) is 17.4. The SMILES string of the molecule is Cc1nc(Oc2ccc(NS(=O)(=O)c3ccc([N+](=O)[O-])cc3)cc2)cc(-n2ccnc2)n1. The van der Waals surface area contributed by atoms with E-state index in [1.165, 1.54) is 24.3 Å². The van der Waals surface area contributed by atoms with Gasteiger partial charge in [0.05, 0.1) is 9.82 Å². The van der Waals surface area contributed by atoms with Crippen LogP contribution < -0.4 is 9.46 Å². The highest BCUT2D eigenvalue weighted by Crippen LogP contribution is 2.25. The summed E-state index contributed by atoms with van der Waals surface area (Å²) in [5, 5.41) is 10.7. The van der Waals surface area contributed by atoms with Gasteiger partial charge in [-0.05, 0) is 43.3 Å². The van der Waals surface area contributed by atoms with E-state index < -0.39 is 14.9 Å². The molecule has 0 aliphatic heterocycles. The van der Waals surface area contributed by atoms with Gasteiger partial charge in [0.25, 0.3) is 15.7 Å². The average Bonchev–Trinajstić information content (AvgIpc) is 3.30. The molecule has 0 fully saturated rings. The molecule has 32 heavy (non-hydrogen) atoms. The monoisotopic (exact) mass is 452 g/mol. The number of benzene rings is 2. The molecular formula is C20H16N6O5S. The second kappa shape index (κ2) is 8.43. The van der Waals surface area contributed by atoms with Gasteiger partial charge in [-0.2, -0.15) is 4.98 Å². The predicted octanol–water partition coefficient (Wildman–Crippen LogP) is 3.47. The van der Waals surface area contributed by atoms with E-state index in [2.05, 4.69) is 19.7 Å². The lowest BCUT2D eigenvalue weighted by atomic mass is 10.3. The molecular weight excluding hydrogens is 436 g/mol. The van der Waals surface area contributed by atoms with Crippen molar-refractivity contribution < 1.29 is 18.1 Å². The van der Waals surface area contributed by atoms with Crippen LogP contribution in [-0.4, -0.2) is 32.9 Å². The Morgan fingerprint density at radius 3 is 2.41 bits per heavy atom. The highest BCUT2D eigenvalue weighted by Gasteiger charge is 2.16. The van der Waals surface area contributed by atoms with Crippen molar-refractivity contribution in [3.63, 3.8) is 0 Å². The Labute approximate surface area is 182 Å². The van der Waals surface area contributed by atoms with Crippen molar-refractivity contribution >= 4 is 21.4 Å². The van der Waals surface area contributed by atoms with Crippen LogP contribution in [0.3, 0.4) is 0 Å². The van der Waals surface area contributed by atoms with E-state index in [0.717, 1.165) is 12.1 Å². The fraction of sp³-hybridized carbons (Fsp3) is 0.0500. The molecule has 0 unspecified atom stereocenters. The van der Waals surface area contributed by atoms with E-state index in [-0.39, 0.29) is 10.6 Å². The number of aromatic nitrogens is 4. The van der Waals surface area contributed by atoms with Crippen molar-refractivity contribution in [3.8, 4) is 17.4 Å². The fourth-order valence-electron chi connectivity index (χ4n) is 2.78. The van der Waals surface area contributed by atoms with Crippen LogP contribution in [0.25, 0.3) is 5.82 Å². The maximum atomic E-state index is 12.5. The van der Waals surface area contributed by atoms with E-state index in [1.54, 1.807) is 48.4 Å². The number of anilines is 1. The zero-order chi connectivity index (χ0) is 22.7. The molecule has 12 heteroatoms. The Morgan fingerprint density at radius 2 is 1.78 bits per heavy atom. The molecule has 4 aromatic rings. The molecule has 0 saturated heterocycles. The number of hydrogen-bond donors (Lipinski definition) is 1. The van der Waals surface area contributed by atoms with Crippen LogP contribution in [-0.2, 0) is 10.0 Å². The minimum atomic E-state index is -3.91. The maximum absolute atomic E-state index is 12.5. The number of nitrogens with one attached hydrogen (secondary N) is 1. The number of aryl methyl sites for hydroxylation is 1. The van der Waals surface area contributed by atoms with Crippen LogP contribution in [0.5, 0.6) is 11.6 Å². The number of sulfonamides is 1. The van der Waals surface area contributed by atoms with E-state index in [9.17, 15) is 18.5 Å². The first-order valence-corrected chi connectivity index (χ1v) is 10.7. The molecule has 2 aromatic heterocycles. The summed E-state index contributed by atoms with van der Waals surface area (Å²) in [7, 11) is -3.91. The maximum Gasteiger partial charge on any atom is 0.269 e. The fourth-order valence-corrected chi connectivity index (χ4v) is 3.84. The van der Waals surface area contributed by atoms with Gasteiger partial charge in [-0.1, -0.05) is 0 Å². The largest absolute Gasteiger partial charge is 0.439 e. The van der Waals surface area contributed by atoms with Crippen LogP contribution >= 0.6 is 0 Å². The smallest absolute Gasteiger partial charge is 0.269 e. The molecule has 2 heterocycles. The lowest BCUT2D eigenvalue weighted by molar-refractivity contribution is -0.384. The van der Waals surface area contributed by atoms with E-state index in [4.69, 9.17) is 4.74 Å². The van der Waals surface area contributed by atoms with Crippen LogP contribution in [0.2, 0.25) is 0 Å². The summed E-state index contributed by atoms with van der Waals surface area (Å²) in [6.45, 7) is 1.74. The molecule has 4 rings (SSSR count). The number of rotatable bonds is 7. The van der Waals surface area contributed by atoms with Gasteiger partial charge in [-0.3, -0.25) is 19.4 Å². The summed E-state index contributed by atoms with van der Waals surface area (Å²) in [4.78, 5) is 22.6. The van der Waals surface area contributed by atoms with Gasteiger partial charge in [-0.15, -0.1) is 0 Å². The molecule has 2 aromatic carbocycles. The average molecular weight is 452 g/mol. The molecule has 0 atom stereocenters. The first-order valence-electron chi connectivity index (χ1n) is 9.19. The normalized spacial score (nSPS) is 11.2. The summed E-state index contributed by atoms with van der Waals surface area (Å²) in [5.41, 5.74) is 0.107. The van der Waals surface area contributed by atoms with Gasteiger partial charge in [-0.25, -0.2) is 18.4 Å². The quantitative estimate of drug-likeness (QED) is 0.332. The Hall–Kier alpha value is -4.32. The molecule has 0 radical (unpaired) electrons. The van der Waals surface area contributed by atoms with Crippen LogP contribution in [0, 0.1) is 17.0 Å². The first-order chi connectivity index (χ1) is 15.3. The Morgan fingerprint density at radius 1 is 1.06 bits per heavy atom. The van der Waals surface area contributed by atoms with Gasteiger partial charge in [0.2, 0.25) is 5.88 Å². The number of hydrogen-bond acceptors (Lipinski definition) is 8. The van der Waals surface area contributed by atoms with Gasteiger partial charge < -0.3 is 4.74 Å². The van der Waals surface area contributed by atoms with E-state index in [0.29, 0.717) is 29.0 Å². The van der Waals surface area contributed by atoms with Crippen molar-refractivity contribution in [2.75, 3.05) is 4.72 Å². The predicted molar refractivity (Wildman–Crippen MR) is 114 cm³/mol. The number of nitro groups is 1. The number of ether oxygens (including phenoxy) is 1. The zero-order valence-electron chi connectivity index (χ0n) is 16.6. The third-order valence-electron chi connectivity index (χ3n) is 4.26. The summed E-state index contributed by atoms with van der Waals surface area (Å²) < 4.78 is 34.9. The summed E-state index contributed by atoms with van der Waals surface area (Å²) >= 11 is 0. The molecule has 0 saturated carbocycles. The summed E-state index contributed by atoms with van der Waals surface area (Å²) in [6.07, 6.45) is 4.99. The van der Waals surface area contributed by atoms with Gasteiger partial charge >= 0.3 is 0 Å². The van der Waals surface area contributed by atoms with Crippen molar-refractivity contribution in [1.29, 1.82) is 0 Å². The number of imidazole rings is 1. The van der Waals surface area contributed by atoms with Crippen LogP contribution in [0.15, 0.2) is 78.2 Å². The number of non-ortho nitro benzene ring substituents is 1. The highest BCUT2D eigenvalue weighted by molar-refractivity contribution is 7.92. The van der Waals surface area contributed by atoms with Gasteiger partial charge in [0, 0.05) is 36.3 Å².